The maximum Gasteiger partial charge on any atom is 2.00 e. The summed E-state index contributed by atoms with van der Waals surface area (Å²) in [4.78, 5) is 39.1. The zero-order valence-corrected chi connectivity index (χ0v) is 24.3. The van der Waals surface area contributed by atoms with Crippen molar-refractivity contribution in [1.29, 1.82) is 0 Å². The number of aromatic nitrogens is 10. The second-order valence-corrected chi connectivity index (χ2v) is 10.3. The number of benzene rings is 4. The molecule has 1 radical (unpaired) electrons. The monoisotopic (exact) mass is 631 g/mol. The summed E-state index contributed by atoms with van der Waals surface area (Å²) in [5.74, 6) is 0.876. The van der Waals surface area contributed by atoms with Crippen molar-refractivity contribution in [3.8, 4) is 11.4 Å². The van der Waals surface area contributed by atoms with Gasteiger partial charge in [-0.05, 0) is 45.8 Å². The van der Waals surface area contributed by atoms with E-state index in [4.69, 9.17) is 39.9 Å². The molecule has 0 spiro atoms. The van der Waals surface area contributed by atoms with Crippen molar-refractivity contribution in [2.45, 2.75) is 0 Å². The molecule has 8 bridgehead atoms. The van der Waals surface area contributed by atoms with Gasteiger partial charge >= 0.3 is 17.1 Å². The molecule has 0 amide bonds. The Morgan fingerprint density at radius 1 is 0.378 bits per heavy atom. The fraction of sp³-hybridized carbons (Fsp3) is 0. The van der Waals surface area contributed by atoms with E-state index < -0.39 is 0 Å². The van der Waals surface area contributed by atoms with Crippen LogP contribution in [-0.2, 0) is 17.1 Å². The topological polar surface area (TPSA) is 115 Å². The van der Waals surface area contributed by atoms with Gasteiger partial charge in [0.15, 0.2) is 11.6 Å². The molecule has 9 rings (SSSR count). The van der Waals surface area contributed by atoms with E-state index in [1.807, 2.05) is 131 Å². The van der Waals surface area contributed by atoms with Gasteiger partial charge in [-0.3, -0.25) is 9.13 Å². The molecule has 0 fully saturated rings. The molecular formula is C34H20CuN10. The van der Waals surface area contributed by atoms with Crippen molar-refractivity contribution >= 4 is 67.0 Å². The van der Waals surface area contributed by atoms with Crippen molar-refractivity contribution < 1.29 is 17.1 Å². The molecule has 0 saturated heterocycles. The van der Waals surface area contributed by atoms with Gasteiger partial charge in [-0.15, -0.1) is 0 Å². The average Bonchev–Trinajstić information content (AvgIpc) is 3.83. The van der Waals surface area contributed by atoms with Crippen LogP contribution in [0.1, 0.15) is 0 Å². The minimum Gasteiger partial charge on any atom is -0.357 e. The molecule has 0 aliphatic heterocycles. The van der Waals surface area contributed by atoms with Gasteiger partial charge in [0, 0.05) is 46.4 Å². The minimum absolute atomic E-state index is 0. The van der Waals surface area contributed by atoms with Crippen LogP contribution >= 0.6 is 0 Å². The van der Waals surface area contributed by atoms with Crippen LogP contribution in [0.5, 0.6) is 0 Å². The summed E-state index contributed by atoms with van der Waals surface area (Å²) in [6.45, 7) is 0. The first-order valence-corrected chi connectivity index (χ1v) is 14.0. The molecule has 4 aromatic carbocycles. The van der Waals surface area contributed by atoms with Crippen molar-refractivity contribution in [1.82, 2.24) is 49.0 Å². The van der Waals surface area contributed by atoms with Gasteiger partial charge < -0.3 is 29.9 Å². The van der Waals surface area contributed by atoms with Crippen LogP contribution in [0.2, 0.25) is 0 Å². The third-order valence-electron chi connectivity index (χ3n) is 7.51. The van der Waals surface area contributed by atoms with Crippen molar-refractivity contribution in [2.75, 3.05) is 0 Å². The molecule has 0 atom stereocenters. The Hall–Kier alpha value is -5.90. The Kier molecular flexibility index (Phi) is 6.33. The number of hydrogen-bond donors (Lipinski definition) is 0. The van der Waals surface area contributed by atoms with E-state index in [-0.39, 0.29) is 17.1 Å². The predicted octanol–water partition coefficient (Wildman–Crippen LogP) is 6.16. The third-order valence-corrected chi connectivity index (χ3v) is 7.51. The fourth-order valence-electron chi connectivity index (χ4n) is 5.47. The summed E-state index contributed by atoms with van der Waals surface area (Å²) in [6.07, 6.45) is 3.72. The van der Waals surface area contributed by atoms with Crippen LogP contribution in [0.15, 0.2) is 122 Å². The molecule has 9 aromatic rings. The molecular weight excluding hydrogens is 612 g/mol. The second kappa shape index (κ2) is 10.7. The summed E-state index contributed by atoms with van der Waals surface area (Å²) in [5, 5.41) is 3.44. The Morgan fingerprint density at radius 2 is 0.711 bits per heavy atom. The number of rotatable bonds is 2. The normalized spacial score (nSPS) is 11.4. The summed E-state index contributed by atoms with van der Waals surface area (Å²) in [7, 11) is 0. The molecule has 10 nitrogen and oxygen atoms in total. The van der Waals surface area contributed by atoms with Crippen LogP contribution in [-0.4, -0.2) is 39.0 Å². The summed E-state index contributed by atoms with van der Waals surface area (Å²) >= 11 is 0. The Labute approximate surface area is 265 Å². The van der Waals surface area contributed by atoms with Gasteiger partial charge in [-0.2, -0.15) is 0 Å². The molecule has 217 valence electrons. The third kappa shape index (κ3) is 4.58. The first-order chi connectivity index (χ1) is 21.8. The Balaban J connectivity index is 0.00000300. The standard InChI is InChI=1S/C34H20N10.Cu/c1-3-11-21(12-4-1)43-19-27-35-29-24-16-8-10-18-26(24)32(40-29)42-34-38-28(20-44(34)22-13-5-2-6-14-22)36-30-23-15-7-9-17-25(23)31(39-30)41-33(43)37-27;/h1-20H;/q-2;+2. The number of imidazole rings is 2. The molecule has 0 aliphatic rings. The maximum absolute atomic E-state index is 4.96. The zero-order chi connectivity index (χ0) is 29.0. The quantitative estimate of drug-likeness (QED) is 0.209. The Morgan fingerprint density at radius 3 is 1.09 bits per heavy atom. The minimum atomic E-state index is 0. The molecule has 0 saturated carbocycles. The molecule has 11 heteroatoms. The SMILES string of the molecule is [Cu+2].c1ccc(-n2cc3nc4[n-]c(nc5nc(cn5-c5ccccc5)nc5[n-]c(nc2n3)c2ccccc52)c2ccccc42)cc1. The predicted molar refractivity (Wildman–Crippen MR) is 170 cm³/mol. The zero-order valence-electron chi connectivity index (χ0n) is 23.3. The van der Waals surface area contributed by atoms with Crippen molar-refractivity contribution in [3.05, 3.63) is 122 Å². The molecule has 0 unspecified atom stereocenters. The van der Waals surface area contributed by atoms with E-state index in [2.05, 4.69) is 0 Å². The van der Waals surface area contributed by atoms with Crippen molar-refractivity contribution in [3.63, 3.8) is 0 Å². The van der Waals surface area contributed by atoms with E-state index in [1.54, 1.807) is 0 Å². The van der Waals surface area contributed by atoms with E-state index in [0.29, 0.717) is 45.4 Å². The Bertz CT molecular complexity index is 2430. The molecule has 5 heterocycles. The van der Waals surface area contributed by atoms with Gasteiger partial charge in [0.1, 0.15) is 11.3 Å². The largest absolute Gasteiger partial charge is 2.00 e. The molecule has 45 heavy (non-hydrogen) atoms. The van der Waals surface area contributed by atoms with Gasteiger partial charge in [-0.1, -0.05) is 84.9 Å². The van der Waals surface area contributed by atoms with E-state index in [9.17, 15) is 0 Å². The molecule has 0 N–H and O–H groups in total. The molecule has 5 aromatic heterocycles. The van der Waals surface area contributed by atoms with Crippen molar-refractivity contribution in [2.24, 2.45) is 0 Å². The average molecular weight is 632 g/mol. The molecule has 0 aliphatic carbocycles. The van der Waals surface area contributed by atoms with Gasteiger partial charge in [0.25, 0.3) is 0 Å². The van der Waals surface area contributed by atoms with Crippen LogP contribution in [0.25, 0.3) is 78.4 Å². The van der Waals surface area contributed by atoms with Crippen LogP contribution in [0.4, 0.5) is 0 Å². The van der Waals surface area contributed by atoms with Gasteiger partial charge in [-0.25, -0.2) is 9.97 Å². The van der Waals surface area contributed by atoms with Crippen LogP contribution in [0, 0.1) is 0 Å². The van der Waals surface area contributed by atoms with Gasteiger partial charge in [0.05, 0.1) is 0 Å². The smallest absolute Gasteiger partial charge is 0.357 e. The van der Waals surface area contributed by atoms with Crippen LogP contribution in [0.3, 0.4) is 0 Å². The van der Waals surface area contributed by atoms with E-state index in [1.165, 1.54) is 0 Å². The first kappa shape index (κ1) is 26.7. The fourth-order valence-corrected chi connectivity index (χ4v) is 5.47. The summed E-state index contributed by atoms with van der Waals surface area (Å²) in [6, 6.07) is 35.6. The number of hydrogen-bond acceptors (Lipinski definition) is 6. The summed E-state index contributed by atoms with van der Waals surface area (Å²) < 4.78 is 3.81. The first-order valence-electron chi connectivity index (χ1n) is 14.0. The maximum atomic E-state index is 4.96. The van der Waals surface area contributed by atoms with E-state index >= 15 is 0 Å². The van der Waals surface area contributed by atoms with E-state index in [0.717, 1.165) is 32.9 Å². The summed E-state index contributed by atoms with van der Waals surface area (Å²) in [5.41, 5.74) is 4.75. The number of nitrogens with zero attached hydrogens (tertiary/aromatic N) is 10. The number of fused-ring (bicyclic) bond motifs is 14. The van der Waals surface area contributed by atoms with Gasteiger partial charge in [0.2, 0.25) is 0 Å². The van der Waals surface area contributed by atoms with Crippen LogP contribution < -0.4 is 9.97 Å². The number of para-hydroxylation sites is 2. The second-order valence-electron chi connectivity index (χ2n) is 10.3.